The van der Waals surface area contributed by atoms with E-state index >= 15 is 0 Å². The number of carbonyl (C=O) groups excluding carboxylic acids is 1. The molecule has 106 valence electrons. The Morgan fingerprint density at radius 3 is 2.26 bits per heavy atom. The topological polar surface area (TPSA) is 58.6 Å². The molecule has 0 saturated carbocycles. The molecule has 0 saturated heterocycles. The van der Waals surface area contributed by atoms with Gasteiger partial charge in [0.05, 0.1) is 12.7 Å². The van der Waals surface area contributed by atoms with Crippen LogP contribution in [0.15, 0.2) is 18.2 Å². The van der Waals surface area contributed by atoms with Gasteiger partial charge < -0.3 is 15.2 Å². The maximum atomic E-state index is 12.2. The highest BCUT2D eigenvalue weighted by atomic mass is 16.5. The molecule has 19 heavy (non-hydrogen) atoms. The van der Waals surface area contributed by atoms with E-state index in [1.807, 2.05) is 0 Å². The summed E-state index contributed by atoms with van der Waals surface area (Å²) in [7, 11) is 1.52. The third kappa shape index (κ3) is 3.40. The van der Waals surface area contributed by atoms with Crippen molar-refractivity contribution in [3.63, 3.8) is 0 Å². The summed E-state index contributed by atoms with van der Waals surface area (Å²) in [5, 5.41) is 12.9. The largest absolute Gasteiger partial charge is 0.507 e. The number of aromatic hydroxyl groups is 1. The summed E-state index contributed by atoms with van der Waals surface area (Å²) in [4.78, 5) is 12.2. The number of carbonyl (C=O) groups is 1. The van der Waals surface area contributed by atoms with Crippen molar-refractivity contribution in [3.05, 3.63) is 23.8 Å². The molecule has 1 aromatic carbocycles. The molecule has 0 radical (unpaired) electrons. The highest BCUT2D eigenvalue weighted by Crippen LogP contribution is 2.25. The van der Waals surface area contributed by atoms with Crippen molar-refractivity contribution in [1.82, 2.24) is 5.32 Å². The first-order valence-electron chi connectivity index (χ1n) is 6.71. The number of phenols is 1. The Kier molecular flexibility index (Phi) is 5.21. The third-order valence-electron chi connectivity index (χ3n) is 3.86. The lowest BCUT2D eigenvalue weighted by Crippen LogP contribution is -2.47. The Hall–Kier alpha value is -1.71. The number of amides is 1. The zero-order valence-corrected chi connectivity index (χ0v) is 12.1. The molecule has 4 heteroatoms. The van der Waals surface area contributed by atoms with Crippen LogP contribution in [-0.2, 0) is 0 Å². The van der Waals surface area contributed by atoms with Gasteiger partial charge in [-0.1, -0.05) is 20.8 Å². The summed E-state index contributed by atoms with van der Waals surface area (Å²) in [5.74, 6) is 0.224. The second-order valence-electron chi connectivity index (χ2n) is 4.68. The maximum absolute atomic E-state index is 12.2. The van der Waals surface area contributed by atoms with E-state index in [2.05, 4.69) is 26.1 Å². The standard InChI is InChI=1S/C15H23NO3/c1-5-15(6-2,7-3)16-14(18)12-9-8-11(19-4)10-13(12)17/h8-10,17H,5-7H2,1-4H3,(H,16,18). The highest BCUT2D eigenvalue weighted by Gasteiger charge is 2.27. The van der Waals surface area contributed by atoms with Gasteiger partial charge in [0.2, 0.25) is 0 Å². The van der Waals surface area contributed by atoms with Crippen LogP contribution in [0.1, 0.15) is 50.4 Å². The summed E-state index contributed by atoms with van der Waals surface area (Å²) in [6, 6.07) is 4.69. The molecule has 0 heterocycles. The van der Waals surface area contributed by atoms with Crippen molar-refractivity contribution in [3.8, 4) is 11.5 Å². The molecular weight excluding hydrogens is 242 g/mol. The number of benzene rings is 1. The van der Waals surface area contributed by atoms with Gasteiger partial charge in [0.25, 0.3) is 5.91 Å². The second-order valence-corrected chi connectivity index (χ2v) is 4.68. The van der Waals surface area contributed by atoms with E-state index in [-0.39, 0.29) is 22.8 Å². The van der Waals surface area contributed by atoms with Gasteiger partial charge in [0.15, 0.2) is 0 Å². The number of rotatable bonds is 6. The van der Waals surface area contributed by atoms with Gasteiger partial charge in [-0.25, -0.2) is 0 Å². The number of nitrogens with one attached hydrogen (secondary N) is 1. The average Bonchev–Trinajstić information content (AvgIpc) is 2.44. The molecule has 0 aliphatic carbocycles. The fraction of sp³-hybridized carbons (Fsp3) is 0.533. The normalized spacial score (nSPS) is 11.2. The molecule has 1 aromatic rings. The van der Waals surface area contributed by atoms with Gasteiger partial charge >= 0.3 is 0 Å². The highest BCUT2D eigenvalue weighted by molar-refractivity contribution is 5.97. The number of hydrogen-bond acceptors (Lipinski definition) is 3. The molecule has 0 aromatic heterocycles. The zero-order valence-electron chi connectivity index (χ0n) is 12.1. The van der Waals surface area contributed by atoms with Crippen molar-refractivity contribution < 1.29 is 14.6 Å². The SMILES string of the molecule is CCC(CC)(CC)NC(=O)c1ccc(OC)cc1O. The molecule has 0 aliphatic heterocycles. The Morgan fingerprint density at radius 1 is 1.26 bits per heavy atom. The Morgan fingerprint density at radius 2 is 1.84 bits per heavy atom. The molecule has 0 fully saturated rings. The molecule has 1 rings (SSSR count). The molecule has 0 bridgehead atoms. The monoisotopic (exact) mass is 265 g/mol. The summed E-state index contributed by atoms with van der Waals surface area (Å²) in [6.07, 6.45) is 2.59. The van der Waals surface area contributed by atoms with Crippen molar-refractivity contribution >= 4 is 5.91 Å². The summed E-state index contributed by atoms with van der Waals surface area (Å²) in [6.45, 7) is 6.17. The summed E-state index contributed by atoms with van der Waals surface area (Å²) < 4.78 is 5.00. The Bertz CT molecular complexity index is 431. The molecule has 0 unspecified atom stereocenters. The predicted molar refractivity (Wildman–Crippen MR) is 75.7 cm³/mol. The van der Waals surface area contributed by atoms with E-state index in [4.69, 9.17) is 4.74 Å². The van der Waals surface area contributed by atoms with Crippen LogP contribution in [-0.4, -0.2) is 23.7 Å². The first-order chi connectivity index (χ1) is 9.01. The first kappa shape index (κ1) is 15.3. The second kappa shape index (κ2) is 6.45. The van der Waals surface area contributed by atoms with Gasteiger partial charge in [-0.05, 0) is 31.4 Å². The minimum atomic E-state index is -0.245. The zero-order chi connectivity index (χ0) is 14.5. The fourth-order valence-corrected chi connectivity index (χ4v) is 2.15. The van der Waals surface area contributed by atoms with Crippen LogP contribution >= 0.6 is 0 Å². The van der Waals surface area contributed by atoms with Crippen molar-refractivity contribution in [2.45, 2.75) is 45.6 Å². The molecule has 0 atom stereocenters. The Balaban J connectivity index is 2.95. The quantitative estimate of drug-likeness (QED) is 0.831. The van der Waals surface area contributed by atoms with Gasteiger partial charge in [-0.2, -0.15) is 0 Å². The first-order valence-corrected chi connectivity index (χ1v) is 6.71. The Labute approximate surface area is 114 Å². The minimum absolute atomic E-state index is 0.0611. The van der Waals surface area contributed by atoms with E-state index in [0.717, 1.165) is 19.3 Å². The lowest BCUT2D eigenvalue weighted by molar-refractivity contribution is 0.0885. The van der Waals surface area contributed by atoms with Crippen LogP contribution < -0.4 is 10.1 Å². The minimum Gasteiger partial charge on any atom is -0.507 e. The van der Waals surface area contributed by atoms with Gasteiger partial charge in [0.1, 0.15) is 11.5 Å². The van der Waals surface area contributed by atoms with E-state index in [0.29, 0.717) is 5.75 Å². The predicted octanol–water partition coefficient (Wildman–Crippen LogP) is 3.10. The maximum Gasteiger partial charge on any atom is 0.255 e. The van der Waals surface area contributed by atoms with Crippen LogP contribution in [0.3, 0.4) is 0 Å². The van der Waals surface area contributed by atoms with Crippen LogP contribution in [0.5, 0.6) is 11.5 Å². The molecular formula is C15H23NO3. The summed E-state index contributed by atoms with van der Waals surface area (Å²) >= 11 is 0. The average molecular weight is 265 g/mol. The fourth-order valence-electron chi connectivity index (χ4n) is 2.15. The molecule has 0 spiro atoms. The van der Waals surface area contributed by atoms with Crippen LogP contribution in [0.4, 0.5) is 0 Å². The van der Waals surface area contributed by atoms with Gasteiger partial charge in [-0.3, -0.25) is 4.79 Å². The van der Waals surface area contributed by atoms with E-state index in [1.54, 1.807) is 12.1 Å². The lowest BCUT2D eigenvalue weighted by atomic mass is 9.89. The number of phenolic OH excluding ortho intramolecular Hbond substituents is 1. The third-order valence-corrected chi connectivity index (χ3v) is 3.86. The molecule has 1 amide bonds. The van der Waals surface area contributed by atoms with Crippen molar-refractivity contribution in [2.24, 2.45) is 0 Å². The number of methoxy groups -OCH3 is 1. The van der Waals surface area contributed by atoms with Crippen LogP contribution in [0, 0.1) is 0 Å². The van der Waals surface area contributed by atoms with Crippen LogP contribution in [0.25, 0.3) is 0 Å². The smallest absolute Gasteiger partial charge is 0.255 e. The van der Waals surface area contributed by atoms with Crippen molar-refractivity contribution in [1.29, 1.82) is 0 Å². The number of hydrogen-bond donors (Lipinski definition) is 2. The lowest BCUT2D eigenvalue weighted by Gasteiger charge is -2.31. The van der Waals surface area contributed by atoms with Crippen molar-refractivity contribution in [2.75, 3.05) is 7.11 Å². The van der Waals surface area contributed by atoms with E-state index in [1.165, 1.54) is 13.2 Å². The van der Waals surface area contributed by atoms with Crippen LogP contribution in [0.2, 0.25) is 0 Å². The molecule has 4 nitrogen and oxygen atoms in total. The molecule has 0 aliphatic rings. The number of ether oxygens (including phenoxy) is 1. The molecule has 2 N–H and O–H groups in total. The van der Waals surface area contributed by atoms with Gasteiger partial charge in [0, 0.05) is 11.6 Å². The van der Waals surface area contributed by atoms with E-state index in [9.17, 15) is 9.90 Å². The van der Waals surface area contributed by atoms with Gasteiger partial charge in [-0.15, -0.1) is 0 Å². The summed E-state index contributed by atoms with van der Waals surface area (Å²) in [5.41, 5.74) is 0.0734. The van der Waals surface area contributed by atoms with E-state index < -0.39 is 0 Å².